The van der Waals surface area contributed by atoms with Crippen LogP contribution in [-0.2, 0) is 20.7 Å². The van der Waals surface area contributed by atoms with Gasteiger partial charge in [0, 0.05) is 13.5 Å². The topological polar surface area (TPSA) is 72.8 Å². The minimum Gasteiger partial charge on any atom is -0.478 e. The molecule has 1 aromatic rings. The Labute approximate surface area is 105 Å². The summed E-state index contributed by atoms with van der Waals surface area (Å²) in [6, 6.07) is 6.76. The second kappa shape index (κ2) is 6.76. The number of benzene rings is 1. The summed E-state index contributed by atoms with van der Waals surface area (Å²) < 4.78 is 10.0. The van der Waals surface area contributed by atoms with Crippen LogP contribution in [-0.4, -0.2) is 36.7 Å². The predicted molar refractivity (Wildman–Crippen MR) is 64.8 cm³/mol. The number of ketones is 1. The van der Waals surface area contributed by atoms with Crippen LogP contribution < -0.4 is 4.74 Å². The van der Waals surface area contributed by atoms with Gasteiger partial charge in [-0.15, -0.1) is 0 Å². The number of methoxy groups -OCH3 is 1. The lowest BCUT2D eigenvalue weighted by Gasteiger charge is -2.14. The van der Waals surface area contributed by atoms with Gasteiger partial charge in [0.1, 0.15) is 11.5 Å². The Morgan fingerprint density at radius 2 is 1.89 bits per heavy atom. The maximum Gasteiger partial charge on any atom is 0.347 e. The first kappa shape index (κ1) is 14.2. The summed E-state index contributed by atoms with van der Waals surface area (Å²) in [6.07, 6.45) is -0.672. The van der Waals surface area contributed by atoms with Crippen molar-refractivity contribution in [3.8, 4) is 5.75 Å². The Balaban J connectivity index is 2.67. The molecule has 1 aromatic carbocycles. The molecule has 18 heavy (non-hydrogen) atoms. The molecule has 0 heterocycles. The van der Waals surface area contributed by atoms with Crippen molar-refractivity contribution >= 4 is 11.8 Å². The molecule has 1 N–H and O–H groups in total. The molecule has 0 radical (unpaired) electrons. The first-order valence-electron chi connectivity index (χ1n) is 5.49. The number of hydrogen-bond donors (Lipinski definition) is 1. The van der Waals surface area contributed by atoms with Crippen molar-refractivity contribution in [3.05, 3.63) is 29.8 Å². The quantitative estimate of drug-likeness (QED) is 0.791. The highest BCUT2D eigenvalue weighted by molar-refractivity contribution is 5.78. The zero-order valence-electron chi connectivity index (χ0n) is 10.4. The minimum atomic E-state index is -1.08. The van der Waals surface area contributed by atoms with E-state index in [4.69, 9.17) is 14.6 Å². The van der Waals surface area contributed by atoms with Crippen molar-refractivity contribution in [1.82, 2.24) is 0 Å². The molecule has 0 bridgehead atoms. The fourth-order valence-electron chi connectivity index (χ4n) is 1.44. The van der Waals surface area contributed by atoms with E-state index in [-0.39, 0.29) is 12.4 Å². The van der Waals surface area contributed by atoms with Crippen LogP contribution in [0.25, 0.3) is 0 Å². The Morgan fingerprint density at radius 1 is 1.28 bits per heavy atom. The van der Waals surface area contributed by atoms with Gasteiger partial charge in [-0.05, 0) is 24.6 Å². The average Bonchev–Trinajstić information content (AvgIpc) is 2.30. The van der Waals surface area contributed by atoms with E-state index in [0.29, 0.717) is 12.2 Å². The van der Waals surface area contributed by atoms with E-state index in [1.54, 1.807) is 24.3 Å². The van der Waals surface area contributed by atoms with Crippen LogP contribution in [0.2, 0.25) is 0 Å². The van der Waals surface area contributed by atoms with E-state index < -0.39 is 12.1 Å². The van der Waals surface area contributed by atoms with Gasteiger partial charge in [0.25, 0.3) is 0 Å². The molecule has 0 aliphatic rings. The molecule has 0 fully saturated rings. The third-order valence-corrected chi connectivity index (χ3v) is 2.25. The lowest BCUT2D eigenvalue weighted by atomic mass is 10.1. The zero-order valence-corrected chi connectivity index (χ0v) is 10.4. The summed E-state index contributed by atoms with van der Waals surface area (Å²) >= 11 is 0. The number of carboxylic acid groups (broad SMARTS) is 1. The van der Waals surface area contributed by atoms with Crippen molar-refractivity contribution in [2.75, 3.05) is 13.7 Å². The van der Waals surface area contributed by atoms with Gasteiger partial charge in [0.2, 0.25) is 6.10 Å². The molecule has 5 heteroatoms. The molecule has 0 aromatic heterocycles. The van der Waals surface area contributed by atoms with Crippen LogP contribution in [0.3, 0.4) is 0 Å². The third-order valence-electron chi connectivity index (χ3n) is 2.25. The lowest BCUT2D eigenvalue weighted by Crippen LogP contribution is -2.31. The SMILES string of the molecule is COCC(Oc1ccc(CC(C)=O)cc1)C(=O)O. The smallest absolute Gasteiger partial charge is 0.347 e. The Kier molecular flexibility index (Phi) is 5.32. The number of carbonyl (C=O) groups excluding carboxylic acids is 1. The maximum absolute atomic E-state index is 10.9. The number of aliphatic carboxylic acids is 1. The molecule has 1 atom stereocenters. The summed E-state index contributed by atoms with van der Waals surface area (Å²) in [4.78, 5) is 21.8. The van der Waals surface area contributed by atoms with Crippen molar-refractivity contribution in [1.29, 1.82) is 0 Å². The molecule has 1 unspecified atom stereocenters. The molecule has 0 amide bonds. The van der Waals surface area contributed by atoms with Crippen molar-refractivity contribution in [2.24, 2.45) is 0 Å². The molecule has 0 aliphatic heterocycles. The number of Topliss-reactive ketones (excluding diaryl/α,β-unsaturated/α-hetero) is 1. The number of hydrogen-bond acceptors (Lipinski definition) is 4. The number of rotatable bonds is 7. The normalized spacial score (nSPS) is 11.9. The fraction of sp³-hybridized carbons (Fsp3) is 0.385. The van der Waals surface area contributed by atoms with Crippen molar-refractivity contribution in [2.45, 2.75) is 19.4 Å². The molecule has 0 aliphatic carbocycles. The lowest BCUT2D eigenvalue weighted by molar-refractivity contribution is -0.147. The van der Waals surface area contributed by atoms with E-state index in [2.05, 4.69) is 0 Å². The number of carbonyl (C=O) groups is 2. The second-order valence-corrected chi connectivity index (χ2v) is 3.92. The van der Waals surface area contributed by atoms with E-state index in [0.717, 1.165) is 5.56 Å². The molecule has 0 saturated heterocycles. The summed E-state index contributed by atoms with van der Waals surface area (Å²) in [5, 5.41) is 8.89. The van der Waals surface area contributed by atoms with E-state index in [1.165, 1.54) is 14.0 Å². The van der Waals surface area contributed by atoms with Gasteiger partial charge in [-0.3, -0.25) is 4.79 Å². The van der Waals surface area contributed by atoms with Crippen LogP contribution in [0.15, 0.2) is 24.3 Å². The molecule has 0 saturated carbocycles. The number of carboxylic acids is 1. The van der Waals surface area contributed by atoms with Crippen LogP contribution in [0, 0.1) is 0 Å². The van der Waals surface area contributed by atoms with Gasteiger partial charge < -0.3 is 14.6 Å². The molecule has 1 rings (SSSR count). The summed E-state index contributed by atoms with van der Waals surface area (Å²) in [5.74, 6) is -0.567. The van der Waals surface area contributed by atoms with Gasteiger partial charge >= 0.3 is 5.97 Å². The molecular formula is C13H16O5. The molecule has 0 spiro atoms. The van der Waals surface area contributed by atoms with Gasteiger partial charge in [-0.25, -0.2) is 4.79 Å². The summed E-state index contributed by atoms with van der Waals surface area (Å²) in [7, 11) is 1.41. The first-order valence-corrected chi connectivity index (χ1v) is 5.49. The standard InChI is InChI=1S/C13H16O5/c1-9(14)7-10-3-5-11(6-4-10)18-12(8-17-2)13(15)16/h3-6,12H,7-8H2,1-2H3,(H,15,16). The van der Waals surface area contributed by atoms with E-state index >= 15 is 0 Å². The second-order valence-electron chi connectivity index (χ2n) is 3.92. The largest absolute Gasteiger partial charge is 0.478 e. The molecular weight excluding hydrogens is 236 g/mol. The molecule has 5 nitrogen and oxygen atoms in total. The maximum atomic E-state index is 10.9. The molecule has 98 valence electrons. The van der Waals surface area contributed by atoms with E-state index in [1.807, 2.05) is 0 Å². The monoisotopic (exact) mass is 252 g/mol. The predicted octanol–water partition coefficient (Wildman–Crippen LogP) is 1.30. The van der Waals surface area contributed by atoms with Crippen LogP contribution >= 0.6 is 0 Å². The Hall–Kier alpha value is -1.88. The Morgan fingerprint density at radius 3 is 2.33 bits per heavy atom. The highest BCUT2D eigenvalue weighted by atomic mass is 16.5. The van der Waals surface area contributed by atoms with Gasteiger partial charge in [0.15, 0.2) is 0 Å². The first-order chi connectivity index (χ1) is 8.52. The zero-order chi connectivity index (χ0) is 13.5. The third kappa shape index (κ3) is 4.55. The highest BCUT2D eigenvalue weighted by Gasteiger charge is 2.18. The van der Waals surface area contributed by atoms with Crippen molar-refractivity contribution < 1.29 is 24.2 Å². The van der Waals surface area contributed by atoms with Crippen LogP contribution in [0.5, 0.6) is 5.75 Å². The van der Waals surface area contributed by atoms with Gasteiger partial charge in [-0.1, -0.05) is 12.1 Å². The minimum absolute atomic E-state index is 0.0233. The van der Waals surface area contributed by atoms with Gasteiger partial charge in [-0.2, -0.15) is 0 Å². The van der Waals surface area contributed by atoms with Crippen LogP contribution in [0.4, 0.5) is 0 Å². The summed E-state index contributed by atoms with van der Waals surface area (Å²) in [6.45, 7) is 1.49. The fourth-order valence-corrected chi connectivity index (χ4v) is 1.44. The van der Waals surface area contributed by atoms with Crippen LogP contribution in [0.1, 0.15) is 12.5 Å². The van der Waals surface area contributed by atoms with Crippen molar-refractivity contribution in [3.63, 3.8) is 0 Å². The van der Waals surface area contributed by atoms with Gasteiger partial charge in [0.05, 0.1) is 6.61 Å². The summed E-state index contributed by atoms with van der Waals surface area (Å²) in [5.41, 5.74) is 0.869. The number of ether oxygens (including phenoxy) is 2. The highest BCUT2D eigenvalue weighted by Crippen LogP contribution is 2.14. The average molecular weight is 252 g/mol. The Bertz CT molecular complexity index is 410. The van der Waals surface area contributed by atoms with E-state index in [9.17, 15) is 9.59 Å².